The van der Waals surface area contributed by atoms with Gasteiger partial charge in [0.05, 0.1) is 12.8 Å². The van der Waals surface area contributed by atoms with Crippen molar-refractivity contribution >= 4 is 22.4 Å². The molecule has 1 aromatic heterocycles. The molecule has 0 unspecified atom stereocenters. The zero-order valence-corrected chi connectivity index (χ0v) is 15.6. The number of thiazole rings is 1. The van der Waals surface area contributed by atoms with Crippen LogP contribution in [0, 0.1) is 0 Å². The number of rotatable bonds is 8. The summed E-state index contributed by atoms with van der Waals surface area (Å²) in [5.41, 5.74) is 1.91. The molecule has 0 radical (unpaired) electrons. The zero-order valence-electron chi connectivity index (χ0n) is 14.8. The number of hydrogen-bond donors (Lipinski definition) is 0. The number of ether oxygens (including phenoxy) is 1. The average Bonchev–Trinajstić information content (AvgIpc) is 3.07. The largest absolute Gasteiger partial charge is 0.497 e. The van der Waals surface area contributed by atoms with E-state index in [1.807, 2.05) is 50.7 Å². The molecule has 1 heterocycles. The van der Waals surface area contributed by atoms with Crippen molar-refractivity contribution in [3.8, 4) is 17.0 Å². The van der Waals surface area contributed by atoms with Crippen molar-refractivity contribution in [2.45, 2.75) is 19.8 Å². The number of carbonyl (C=O) groups excluding carboxylic acids is 1. The Morgan fingerprint density at radius 2 is 1.92 bits per heavy atom. The molecule has 24 heavy (non-hydrogen) atoms. The molecule has 0 N–H and O–H groups in total. The van der Waals surface area contributed by atoms with Gasteiger partial charge >= 0.3 is 0 Å². The molecule has 0 bridgehead atoms. The van der Waals surface area contributed by atoms with Gasteiger partial charge in [-0.3, -0.25) is 9.69 Å². The fraction of sp³-hybridized carbons (Fsp3) is 0.444. The highest BCUT2D eigenvalue weighted by Gasteiger charge is 2.17. The number of carbonyl (C=O) groups is 1. The maximum atomic E-state index is 12.3. The number of hydrogen-bond acceptors (Lipinski definition) is 5. The van der Waals surface area contributed by atoms with Crippen LogP contribution in [0.15, 0.2) is 29.6 Å². The summed E-state index contributed by atoms with van der Waals surface area (Å²) in [6, 6.07) is 7.80. The molecule has 0 fully saturated rings. The molecule has 0 atom stereocenters. The van der Waals surface area contributed by atoms with Gasteiger partial charge in [-0.2, -0.15) is 0 Å². The minimum atomic E-state index is 0.115. The first-order valence-electron chi connectivity index (χ1n) is 8.10. The third-order valence-electron chi connectivity index (χ3n) is 3.70. The first-order chi connectivity index (χ1) is 11.5. The van der Waals surface area contributed by atoms with E-state index in [9.17, 15) is 4.79 Å². The highest BCUT2D eigenvalue weighted by molar-refractivity contribution is 7.14. The van der Waals surface area contributed by atoms with E-state index in [-0.39, 0.29) is 5.91 Å². The van der Waals surface area contributed by atoms with Gasteiger partial charge in [0.1, 0.15) is 5.75 Å². The second kappa shape index (κ2) is 8.80. The standard InChI is InChI=1S/C18H25N3O2S/c1-5-17(22)21(12-6-11-20(2)3)18-19-16(13-24-18)14-7-9-15(23-4)10-8-14/h7-10,13H,5-6,11-12H2,1-4H3. The van der Waals surface area contributed by atoms with Crippen LogP contribution in [-0.2, 0) is 4.79 Å². The van der Waals surface area contributed by atoms with Gasteiger partial charge in [-0.15, -0.1) is 11.3 Å². The molecule has 0 saturated carbocycles. The Bertz CT molecular complexity index is 653. The van der Waals surface area contributed by atoms with Crippen LogP contribution in [0.25, 0.3) is 11.3 Å². The van der Waals surface area contributed by atoms with Crippen LogP contribution in [-0.4, -0.2) is 50.1 Å². The molecule has 0 saturated heterocycles. The van der Waals surface area contributed by atoms with Crippen LogP contribution in [0.4, 0.5) is 5.13 Å². The molecule has 6 heteroatoms. The van der Waals surface area contributed by atoms with Crippen LogP contribution in [0.1, 0.15) is 19.8 Å². The lowest BCUT2D eigenvalue weighted by Crippen LogP contribution is -2.32. The van der Waals surface area contributed by atoms with E-state index in [1.54, 1.807) is 12.0 Å². The number of benzene rings is 1. The molecule has 0 spiro atoms. The Balaban J connectivity index is 2.15. The predicted molar refractivity (Wildman–Crippen MR) is 99.9 cm³/mol. The summed E-state index contributed by atoms with van der Waals surface area (Å²) >= 11 is 1.51. The minimum Gasteiger partial charge on any atom is -0.497 e. The van der Waals surface area contributed by atoms with E-state index in [2.05, 4.69) is 9.88 Å². The molecule has 1 aromatic carbocycles. The van der Waals surface area contributed by atoms with E-state index >= 15 is 0 Å². The predicted octanol–water partition coefficient (Wildman–Crippen LogP) is 3.51. The van der Waals surface area contributed by atoms with Crippen LogP contribution < -0.4 is 9.64 Å². The van der Waals surface area contributed by atoms with Crippen LogP contribution >= 0.6 is 11.3 Å². The number of amides is 1. The van der Waals surface area contributed by atoms with Crippen molar-refractivity contribution in [2.24, 2.45) is 0 Å². The lowest BCUT2D eigenvalue weighted by molar-refractivity contribution is -0.118. The number of anilines is 1. The van der Waals surface area contributed by atoms with E-state index in [4.69, 9.17) is 4.74 Å². The highest BCUT2D eigenvalue weighted by atomic mass is 32.1. The average molecular weight is 347 g/mol. The SMILES string of the molecule is CCC(=O)N(CCCN(C)C)c1nc(-c2ccc(OC)cc2)cs1. The summed E-state index contributed by atoms with van der Waals surface area (Å²) in [7, 11) is 5.73. The fourth-order valence-corrected chi connectivity index (χ4v) is 3.22. The Labute approximate surface area is 147 Å². The molecule has 0 aliphatic carbocycles. The molecule has 1 amide bonds. The first-order valence-corrected chi connectivity index (χ1v) is 8.98. The van der Waals surface area contributed by atoms with Crippen LogP contribution in [0.3, 0.4) is 0 Å². The van der Waals surface area contributed by atoms with Gasteiger partial charge in [0.25, 0.3) is 0 Å². The summed E-state index contributed by atoms with van der Waals surface area (Å²) in [6.07, 6.45) is 1.41. The molecular weight excluding hydrogens is 322 g/mol. The Morgan fingerprint density at radius 3 is 2.50 bits per heavy atom. The van der Waals surface area contributed by atoms with Gasteiger partial charge in [0.15, 0.2) is 5.13 Å². The molecule has 5 nitrogen and oxygen atoms in total. The van der Waals surface area contributed by atoms with Gasteiger partial charge in [-0.25, -0.2) is 4.98 Å². The van der Waals surface area contributed by atoms with Crippen molar-refractivity contribution in [1.29, 1.82) is 0 Å². The molecule has 0 aliphatic heterocycles. The molecule has 2 rings (SSSR count). The summed E-state index contributed by atoms with van der Waals surface area (Å²) < 4.78 is 5.18. The first kappa shape index (κ1) is 18.4. The lowest BCUT2D eigenvalue weighted by atomic mass is 10.2. The maximum absolute atomic E-state index is 12.3. The van der Waals surface area contributed by atoms with Gasteiger partial charge in [0.2, 0.25) is 5.91 Å². The Kier molecular flexibility index (Phi) is 6.75. The summed E-state index contributed by atoms with van der Waals surface area (Å²) in [5, 5.41) is 2.77. The normalized spacial score (nSPS) is 10.9. The molecule has 2 aromatic rings. The quantitative estimate of drug-likeness (QED) is 0.733. The third kappa shape index (κ3) is 4.79. The van der Waals surface area contributed by atoms with Crippen molar-refractivity contribution < 1.29 is 9.53 Å². The summed E-state index contributed by atoms with van der Waals surface area (Å²) in [5.74, 6) is 0.935. The van der Waals surface area contributed by atoms with Crippen molar-refractivity contribution in [3.05, 3.63) is 29.6 Å². The second-order valence-corrected chi connectivity index (χ2v) is 6.64. The smallest absolute Gasteiger partial charge is 0.228 e. The zero-order chi connectivity index (χ0) is 17.5. The highest BCUT2D eigenvalue weighted by Crippen LogP contribution is 2.29. The van der Waals surface area contributed by atoms with E-state index < -0.39 is 0 Å². The van der Waals surface area contributed by atoms with Crippen molar-refractivity contribution in [1.82, 2.24) is 9.88 Å². The van der Waals surface area contributed by atoms with Gasteiger partial charge < -0.3 is 9.64 Å². The van der Waals surface area contributed by atoms with Gasteiger partial charge in [-0.1, -0.05) is 6.92 Å². The molecular formula is C18H25N3O2S. The number of methoxy groups -OCH3 is 1. The number of nitrogens with zero attached hydrogens (tertiary/aromatic N) is 3. The molecule has 0 aliphatic rings. The van der Waals surface area contributed by atoms with Gasteiger partial charge in [-0.05, 0) is 51.3 Å². The minimum absolute atomic E-state index is 0.115. The number of aromatic nitrogens is 1. The lowest BCUT2D eigenvalue weighted by Gasteiger charge is -2.20. The van der Waals surface area contributed by atoms with Crippen LogP contribution in [0.2, 0.25) is 0 Å². The van der Waals surface area contributed by atoms with Gasteiger partial charge in [0, 0.05) is 23.9 Å². The van der Waals surface area contributed by atoms with E-state index in [1.165, 1.54) is 11.3 Å². The maximum Gasteiger partial charge on any atom is 0.228 e. The van der Waals surface area contributed by atoms with Crippen LogP contribution in [0.5, 0.6) is 5.75 Å². The molecule has 130 valence electrons. The summed E-state index contributed by atoms with van der Waals surface area (Å²) in [6.45, 7) is 3.53. The third-order valence-corrected chi connectivity index (χ3v) is 4.56. The topological polar surface area (TPSA) is 45.7 Å². The van der Waals surface area contributed by atoms with Crippen molar-refractivity contribution in [2.75, 3.05) is 39.2 Å². The van der Waals surface area contributed by atoms with E-state index in [0.29, 0.717) is 13.0 Å². The monoisotopic (exact) mass is 347 g/mol. The second-order valence-electron chi connectivity index (χ2n) is 5.80. The Hall–Kier alpha value is -1.92. The summed E-state index contributed by atoms with van der Waals surface area (Å²) in [4.78, 5) is 20.9. The van der Waals surface area contributed by atoms with Crippen molar-refractivity contribution in [3.63, 3.8) is 0 Å². The van der Waals surface area contributed by atoms with E-state index in [0.717, 1.165) is 35.1 Å². The Morgan fingerprint density at radius 1 is 1.21 bits per heavy atom. The fourth-order valence-electron chi connectivity index (χ4n) is 2.35.